The highest BCUT2D eigenvalue weighted by Crippen LogP contribution is 2.34. The highest BCUT2D eigenvalue weighted by Gasteiger charge is 2.29. The average Bonchev–Trinajstić information content (AvgIpc) is 3.51. The van der Waals surface area contributed by atoms with Crippen molar-refractivity contribution in [1.29, 1.82) is 0 Å². The molecule has 0 radical (unpaired) electrons. The summed E-state index contributed by atoms with van der Waals surface area (Å²) >= 11 is 1.57. The van der Waals surface area contributed by atoms with Gasteiger partial charge in [-0.25, -0.2) is 4.98 Å². The standard InChI is InChI=1S/C25H25N3O5S/c1-16-26-19(14-34-16)13-31-21-5-3-2-4-20(21)25(30)28-10-8-17(9-11-28)24(29)27-18-6-7-22-23(12-18)33-15-32-22/h2-7,12,14,17H,8-11,13,15H2,1H3,(H,27,29). The van der Waals surface area contributed by atoms with Gasteiger partial charge >= 0.3 is 0 Å². The summed E-state index contributed by atoms with van der Waals surface area (Å²) in [6.07, 6.45) is 1.20. The fraction of sp³-hybridized carbons (Fsp3) is 0.320. The molecule has 0 saturated carbocycles. The number of carbonyl (C=O) groups excluding carboxylic acids is 2. The summed E-state index contributed by atoms with van der Waals surface area (Å²) in [4.78, 5) is 32.2. The van der Waals surface area contributed by atoms with Crippen LogP contribution in [0.15, 0.2) is 47.8 Å². The van der Waals surface area contributed by atoms with Crippen molar-refractivity contribution in [3.8, 4) is 17.2 Å². The van der Waals surface area contributed by atoms with Gasteiger partial charge in [-0.1, -0.05) is 12.1 Å². The molecule has 0 aliphatic carbocycles. The number of hydrogen-bond donors (Lipinski definition) is 1. The van der Waals surface area contributed by atoms with Crippen LogP contribution in [0.2, 0.25) is 0 Å². The quantitative estimate of drug-likeness (QED) is 0.569. The van der Waals surface area contributed by atoms with E-state index in [-0.39, 0.29) is 24.5 Å². The maximum absolute atomic E-state index is 13.2. The Hall–Kier alpha value is -3.59. The Kier molecular flexibility index (Phi) is 6.35. The maximum atomic E-state index is 13.2. The van der Waals surface area contributed by atoms with Gasteiger partial charge in [0.05, 0.1) is 16.3 Å². The van der Waals surface area contributed by atoms with Gasteiger partial charge < -0.3 is 24.4 Å². The van der Waals surface area contributed by atoms with E-state index in [0.29, 0.717) is 61.0 Å². The van der Waals surface area contributed by atoms with Gasteiger partial charge in [0.15, 0.2) is 11.5 Å². The first kappa shape index (κ1) is 22.2. The van der Waals surface area contributed by atoms with Crippen LogP contribution in [0.1, 0.15) is 33.9 Å². The van der Waals surface area contributed by atoms with E-state index in [0.717, 1.165) is 10.7 Å². The third kappa shape index (κ3) is 4.84. The molecule has 0 unspecified atom stereocenters. The molecule has 2 aromatic carbocycles. The van der Waals surface area contributed by atoms with Crippen molar-refractivity contribution in [2.45, 2.75) is 26.4 Å². The number of benzene rings is 2. The summed E-state index contributed by atoms with van der Waals surface area (Å²) in [6.45, 7) is 3.48. The predicted octanol–water partition coefficient (Wildman–Crippen LogP) is 4.25. The molecule has 2 aliphatic rings. The number of rotatable bonds is 6. The number of hydrogen-bond acceptors (Lipinski definition) is 7. The summed E-state index contributed by atoms with van der Waals surface area (Å²) in [5.74, 6) is 1.56. The molecule has 1 aromatic heterocycles. The van der Waals surface area contributed by atoms with Crippen molar-refractivity contribution in [3.05, 3.63) is 64.1 Å². The number of aromatic nitrogens is 1. The van der Waals surface area contributed by atoms with Crippen molar-refractivity contribution in [1.82, 2.24) is 9.88 Å². The molecule has 176 valence electrons. The number of amides is 2. The van der Waals surface area contributed by atoms with E-state index < -0.39 is 0 Å². The van der Waals surface area contributed by atoms with E-state index >= 15 is 0 Å². The highest BCUT2D eigenvalue weighted by molar-refractivity contribution is 7.09. The number of fused-ring (bicyclic) bond motifs is 1. The summed E-state index contributed by atoms with van der Waals surface area (Å²) in [5.41, 5.74) is 2.05. The zero-order chi connectivity index (χ0) is 23.5. The van der Waals surface area contributed by atoms with Crippen LogP contribution in [-0.4, -0.2) is 41.6 Å². The Morgan fingerprint density at radius 1 is 1.15 bits per heavy atom. The SMILES string of the molecule is Cc1nc(COc2ccccc2C(=O)N2CCC(C(=O)Nc3ccc4c(c3)OCO4)CC2)cs1. The molecular weight excluding hydrogens is 454 g/mol. The number of piperidine rings is 1. The Morgan fingerprint density at radius 2 is 1.94 bits per heavy atom. The number of nitrogens with one attached hydrogen (secondary N) is 1. The third-order valence-electron chi connectivity index (χ3n) is 5.95. The molecule has 3 heterocycles. The van der Waals surface area contributed by atoms with Gasteiger partial charge in [0.1, 0.15) is 12.4 Å². The maximum Gasteiger partial charge on any atom is 0.257 e. The van der Waals surface area contributed by atoms with Gasteiger partial charge in [-0.15, -0.1) is 11.3 Å². The predicted molar refractivity (Wildman–Crippen MR) is 127 cm³/mol. The smallest absolute Gasteiger partial charge is 0.257 e. The van der Waals surface area contributed by atoms with Gasteiger partial charge in [0.2, 0.25) is 12.7 Å². The Bertz CT molecular complexity index is 1200. The molecule has 34 heavy (non-hydrogen) atoms. The fourth-order valence-electron chi connectivity index (χ4n) is 4.13. The highest BCUT2D eigenvalue weighted by atomic mass is 32.1. The molecule has 0 bridgehead atoms. The molecule has 1 N–H and O–H groups in total. The first-order chi connectivity index (χ1) is 16.6. The van der Waals surface area contributed by atoms with Crippen LogP contribution in [0.3, 0.4) is 0 Å². The van der Waals surface area contributed by atoms with Crippen LogP contribution in [-0.2, 0) is 11.4 Å². The van der Waals surface area contributed by atoms with E-state index in [9.17, 15) is 9.59 Å². The molecule has 0 atom stereocenters. The lowest BCUT2D eigenvalue weighted by Gasteiger charge is -2.31. The second kappa shape index (κ2) is 9.72. The zero-order valence-corrected chi connectivity index (χ0v) is 19.6. The first-order valence-corrected chi connectivity index (χ1v) is 12.1. The number of anilines is 1. The number of aryl methyl sites for hydroxylation is 1. The summed E-state index contributed by atoms with van der Waals surface area (Å²) in [7, 11) is 0. The number of carbonyl (C=O) groups is 2. The second-order valence-electron chi connectivity index (χ2n) is 8.27. The topological polar surface area (TPSA) is 90.0 Å². The summed E-state index contributed by atoms with van der Waals surface area (Å²) in [6, 6.07) is 12.6. The van der Waals surface area contributed by atoms with E-state index in [4.69, 9.17) is 14.2 Å². The Labute approximate surface area is 201 Å². The second-order valence-corrected chi connectivity index (χ2v) is 9.33. The summed E-state index contributed by atoms with van der Waals surface area (Å²) in [5, 5.41) is 5.89. The Morgan fingerprint density at radius 3 is 2.74 bits per heavy atom. The zero-order valence-electron chi connectivity index (χ0n) is 18.8. The van der Waals surface area contributed by atoms with E-state index in [1.54, 1.807) is 46.6 Å². The number of likely N-dealkylation sites (tertiary alicyclic amines) is 1. The van der Waals surface area contributed by atoms with Crippen molar-refractivity contribution in [2.75, 3.05) is 25.2 Å². The van der Waals surface area contributed by atoms with Crippen molar-refractivity contribution >= 4 is 28.8 Å². The van der Waals surface area contributed by atoms with Crippen LogP contribution in [0, 0.1) is 12.8 Å². The minimum Gasteiger partial charge on any atom is -0.486 e. The van der Waals surface area contributed by atoms with Gasteiger partial charge in [-0.05, 0) is 44.0 Å². The van der Waals surface area contributed by atoms with Gasteiger partial charge in [-0.2, -0.15) is 0 Å². The van der Waals surface area contributed by atoms with E-state index in [1.165, 1.54) is 0 Å². The van der Waals surface area contributed by atoms with Crippen LogP contribution < -0.4 is 19.5 Å². The molecular formula is C25H25N3O5S. The average molecular weight is 480 g/mol. The minimum absolute atomic E-state index is 0.0479. The van der Waals surface area contributed by atoms with Gasteiger partial charge in [0.25, 0.3) is 5.91 Å². The third-order valence-corrected chi connectivity index (χ3v) is 6.77. The van der Waals surface area contributed by atoms with Gasteiger partial charge in [-0.3, -0.25) is 9.59 Å². The van der Waals surface area contributed by atoms with Crippen LogP contribution in [0.4, 0.5) is 5.69 Å². The molecule has 1 saturated heterocycles. The molecule has 5 rings (SSSR count). The number of para-hydroxylation sites is 1. The van der Waals surface area contributed by atoms with E-state index in [1.807, 2.05) is 24.4 Å². The van der Waals surface area contributed by atoms with E-state index in [2.05, 4.69) is 10.3 Å². The van der Waals surface area contributed by atoms with Crippen LogP contribution in [0.5, 0.6) is 17.2 Å². The summed E-state index contributed by atoms with van der Waals surface area (Å²) < 4.78 is 16.6. The number of ether oxygens (including phenoxy) is 3. The lowest BCUT2D eigenvalue weighted by atomic mass is 9.95. The van der Waals surface area contributed by atoms with Crippen molar-refractivity contribution < 1.29 is 23.8 Å². The largest absolute Gasteiger partial charge is 0.486 e. The van der Waals surface area contributed by atoms with Gasteiger partial charge in [0, 0.05) is 36.1 Å². The monoisotopic (exact) mass is 479 g/mol. The Balaban J connectivity index is 1.17. The normalized spacial score (nSPS) is 15.3. The fourth-order valence-corrected chi connectivity index (χ4v) is 4.73. The molecule has 3 aromatic rings. The number of nitrogens with zero attached hydrogens (tertiary/aromatic N) is 2. The van der Waals surface area contributed by atoms with Crippen LogP contribution in [0.25, 0.3) is 0 Å². The molecule has 2 amide bonds. The molecule has 0 spiro atoms. The molecule has 1 fully saturated rings. The van der Waals surface area contributed by atoms with Crippen molar-refractivity contribution in [3.63, 3.8) is 0 Å². The first-order valence-electron chi connectivity index (χ1n) is 11.2. The number of thiazole rings is 1. The molecule has 2 aliphatic heterocycles. The minimum atomic E-state index is -0.158. The van der Waals surface area contributed by atoms with Crippen molar-refractivity contribution in [2.24, 2.45) is 5.92 Å². The molecule has 8 nitrogen and oxygen atoms in total. The lowest BCUT2D eigenvalue weighted by Crippen LogP contribution is -2.41. The van der Waals surface area contributed by atoms with Crippen LogP contribution >= 0.6 is 11.3 Å². The molecule has 9 heteroatoms. The lowest BCUT2D eigenvalue weighted by molar-refractivity contribution is -0.121.